The normalized spacial score (nSPS) is 27.6. The standard InChI is InChI=1S/C12H18N2/c1-9-3-2-4-10(7-9)12-8-11(13)5-6-14-12/h2-4,7,11-12,14H,5-6,8,13H2,1H3. The van der Waals surface area contributed by atoms with Crippen LogP contribution in [0.3, 0.4) is 0 Å². The molecule has 1 heterocycles. The van der Waals surface area contributed by atoms with E-state index in [1.165, 1.54) is 11.1 Å². The molecule has 0 radical (unpaired) electrons. The third-order valence-corrected chi connectivity index (χ3v) is 2.89. The molecule has 0 amide bonds. The maximum atomic E-state index is 5.96. The van der Waals surface area contributed by atoms with Gasteiger partial charge in [0.05, 0.1) is 0 Å². The molecule has 0 bridgehead atoms. The zero-order chi connectivity index (χ0) is 9.97. The van der Waals surface area contributed by atoms with Gasteiger partial charge in [-0.2, -0.15) is 0 Å². The summed E-state index contributed by atoms with van der Waals surface area (Å²) in [6.45, 7) is 3.17. The molecule has 0 aliphatic carbocycles. The van der Waals surface area contributed by atoms with Gasteiger partial charge in [-0.3, -0.25) is 0 Å². The topological polar surface area (TPSA) is 38.0 Å². The number of hydrogen-bond acceptors (Lipinski definition) is 2. The lowest BCUT2D eigenvalue weighted by Gasteiger charge is -2.28. The van der Waals surface area contributed by atoms with Crippen LogP contribution in [0.1, 0.15) is 30.0 Å². The van der Waals surface area contributed by atoms with E-state index in [1.807, 2.05) is 0 Å². The van der Waals surface area contributed by atoms with Crippen LogP contribution in [0.15, 0.2) is 24.3 Å². The number of nitrogens with one attached hydrogen (secondary N) is 1. The molecule has 0 spiro atoms. The van der Waals surface area contributed by atoms with Crippen LogP contribution >= 0.6 is 0 Å². The Morgan fingerprint density at radius 2 is 2.29 bits per heavy atom. The molecule has 2 unspecified atom stereocenters. The van der Waals surface area contributed by atoms with Gasteiger partial charge < -0.3 is 11.1 Å². The average molecular weight is 190 g/mol. The van der Waals surface area contributed by atoms with Crippen molar-refractivity contribution in [1.29, 1.82) is 0 Å². The fraction of sp³-hybridized carbons (Fsp3) is 0.500. The largest absolute Gasteiger partial charge is 0.328 e. The molecule has 2 atom stereocenters. The van der Waals surface area contributed by atoms with Crippen LogP contribution < -0.4 is 11.1 Å². The van der Waals surface area contributed by atoms with Crippen molar-refractivity contribution in [2.24, 2.45) is 5.73 Å². The van der Waals surface area contributed by atoms with E-state index >= 15 is 0 Å². The van der Waals surface area contributed by atoms with Gasteiger partial charge >= 0.3 is 0 Å². The van der Waals surface area contributed by atoms with Crippen molar-refractivity contribution in [3.8, 4) is 0 Å². The zero-order valence-corrected chi connectivity index (χ0v) is 8.66. The highest BCUT2D eigenvalue weighted by molar-refractivity contribution is 5.25. The minimum absolute atomic E-state index is 0.363. The van der Waals surface area contributed by atoms with E-state index in [2.05, 4.69) is 36.5 Å². The van der Waals surface area contributed by atoms with Crippen LogP contribution in [0.4, 0.5) is 0 Å². The Balaban J connectivity index is 2.14. The second-order valence-corrected chi connectivity index (χ2v) is 4.21. The first-order valence-electron chi connectivity index (χ1n) is 5.31. The molecule has 76 valence electrons. The molecular formula is C12H18N2. The van der Waals surface area contributed by atoms with Crippen LogP contribution in [0.5, 0.6) is 0 Å². The molecule has 1 fully saturated rings. The molecular weight excluding hydrogens is 172 g/mol. The Bertz CT molecular complexity index is 309. The SMILES string of the molecule is Cc1cccc(C2CC(N)CCN2)c1. The minimum Gasteiger partial charge on any atom is -0.328 e. The van der Waals surface area contributed by atoms with Crippen LogP contribution in [0.25, 0.3) is 0 Å². The van der Waals surface area contributed by atoms with E-state index in [9.17, 15) is 0 Å². The van der Waals surface area contributed by atoms with Crippen molar-refractivity contribution < 1.29 is 0 Å². The first kappa shape index (κ1) is 9.69. The number of hydrogen-bond donors (Lipinski definition) is 2. The highest BCUT2D eigenvalue weighted by Crippen LogP contribution is 2.22. The van der Waals surface area contributed by atoms with Gasteiger partial charge in [-0.05, 0) is 31.9 Å². The third-order valence-electron chi connectivity index (χ3n) is 2.89. The first-order valence-corrected chi connectivity index (χ1v) is 5.31. The van der Waals surface area contributed by atoms with E-state index < -0.39 is 0 Å². The van der Waals surface area contributed by atoms with E-state index in [1.54, 1.807) is 0 Å². The molecule has 1 saturated heterocycles. The quantitative estimate of drug-likeness (QED) is 0.708. The van der Waals surface area contributed by atoms with Gasteiger partial charge in [0.2, 0.25) is 0 Å². The predicted octanol–water partition coefficient (Wildman–Crippen LogP) is 1.75. The Morgan fingerprint density at radius 3 is 3.00 bits per heavy atom. The van der Waals surface area contributed by atoms with Gasteiger partial charge in [-0.25, -0.2) is 0 Å². The van der Waals surface area contributed by atoms with Crippen molar-refractivity contribution in [2.75, 3.05) is 6.54 Å². The highest BCUT2D eigenvalue weighted by atomic mass is 14.9. The Hall–Kier alpha value is -0.860. The monoisotopic (exact) mass is 190 g/mol. The van der Waals surface area contributed by atoms with Crippen LogP contribution in [-0.2, 0) is 0 Å². The molecule has 1 aromatic carbocycles. The number of rotatable bonds is 1. The summed E-state index contributed by atoms with van der Waals surface area (Å²) >= 11 is 0. The average Bonchev–Trinajstić information content (AvgIpc) is 2.18. The highest BCUT2D eigenvalue weighted by Gasteiger charge is 2.19. The van der Waals surface area contributed by atoms with Crippen LogP contribution in [-0.4, -0.2) is 12.6 Å². The summed E-state index contributed by atoms with van der Waals surface area (Å²) in [6, 6.07) is 9.50. The maximum Gasteiger partial charge on any atom is 0.0335 e. The smallest absolute Gasteiger partial charge is 0.0335 e. The van der Waals surface area contributed by atoms with E-state index in [4.69, 9.17) is 5.73 Å². The van der Waals surface area contributed by atoms with Crippen molar-refractivity contribution in [1.82, 2.24) is 5.32 Å². The minimum atomic E-state index is 0.363. The molecule has 3 N–H and O–H groups in total. The molecule has 0 saturated carbocycles. The Kier molecular flexibility index (Phi) is 2.85. The summed E-state index contributed by atoms with van der Waals surface area (Å²) in [4.78, 5) is 0. The Morgan fingerprint density at radius 1 is 1.43 bits per heavy atom. The molecule has 1 aliphatic rings. The lowest BCUT2D eigenvalue weighted by Crippen LogP contribution is -2.38. The van der Waals surface area contributed by atoms with Gasteiger partial charge in [0.15, 0.2) is 0 Å². The summed E-state index contributed by atoms with van der Waals surface area (Å²) in [5.41, 5.74) is 8.66. The van der Waals surface area contributed by atoms with Crippen molar-refractivity contribution in [3.63, 3.8) is 0 Å². The van der Waals surface area contributed by atoms with Crippen molar-refractivity contribution >= 4 is 0 Å². The number of nitrogens with two attached hydrogens (primary N) is 1. The molecule has 2 nitrogen and oxygen atoms in total. The second kappa shape index (κ2) is 4.11. The summed E-state index contributed by atoms with van der Waals surface area (Å²) < 4.78 is 0. The first-order chi connectivity index (χ1) is 6.75. The molecule has 2 heteroatoms. The van der Waals surface area contributed by atoms with Gasteiger partial charge in [-0.1, -0.05) is 29.8 Å². The Labute approximate surface area is 85.5 Å². The van der Waals surface area contributed by atoms with Gasteiger partial charge in [0, 0.05) is 12.1 Å². The zero-order valence-electron chi connectivity index (χ0n) is 8.66. The van der Waals surface area contributed by atoms with Crippen molar-refractivity contribution in [2.45, 2.75) is 31.8 Å². The number of piperidine rings is 1. The molecule has 2 rings (SSSR count). The van der Waals surface area contributed by atoms with Crippen LogP contribution in [0.2, 0.25) is 0 Å². The molecule has 14 heavy (non-hydrogen) atoms. The lowest BCUT2D eigenvalue weighted by molar-refractivity contribution is 0.369. The van der Waals surface area contributed by atoms with Gasteiger partial charge in [0.25, 0.3) is 0 Å². The summed E-state index contributed by atoms with van der Waals surface area (Å²) in [5.74, 6) is 0. The van der Waals surface area contributed by atoms with Gasteiger partial charge in [0.1, 0.15) is 0 Å². The summed E-state index contributed by atoms with van der Waals surface area (Å²) in [6.07, 6.45) is 2.16. The van der Waals surface area contributed by atoms with Gasteiger partial charge in [-0.15, -0.1) is 0 Å². The van der Waals surface area contributed by atoms with E-state index in [0.29, 0.717) is 12.1 Å². The summed E-state index contributed by atoms with van der Waals surface area (Å²) in [7, 11) is 0. The molecule has 1 aliphatic heterocycles. The number of benzene rings is 1. The van der Waals surface area contributed by atoms with E-state index in [-0.39, 0.29) is 0 Å². The predicted molar refractivity (Wildman–Crippen MR) is 59.1 cm³/mol. The molecule has 0 aromatic heterocycles. The number of aryl methyl sites for hydroxylation is 1. The fourth-order valence-corrected chi connectivity index (χ4v) is 2.09. The third kappa shape index (κ3) is 2.14. The lowest BCUT2D eigenvalue weighted by atomic mass is 9.94. The fourth-order valence-electron chi connectivity index (χ4n) is 2.09. The van der Waals surface area contributed by atoms with E-state index in [0.717, 1.165) is 19.4 Å². The molecule has 1 aromatic rings. The van der Waals surface area contributed by atoms with Crippen LogP contribution in [0, 0.1) is 6.92 Å². The second-order valence-electron chi connectivity index (χ2n) is 4.21. The summed E-state index contributed by atoms with van der Waals surface area (Å²) in [5, 5.41) is 3.51. The maximum absolute atomic E-state index is 5.96. The van der Waals surface area contributed by atoms with Crippen molar-refractivity contribution in [3.05, 3.63) is 35.4 Å².